The van der Waals surface area contributed by atoms with Crippen LogP contribution in [0.15, 0.2) is 12.2 Å². The summed E-state index contributed by atoms with van der Waals surface area (Å²) in [7, 11) is 2.16. The minimum absolute atomic E-state index is 0.0773. The van der Waals surface area contributed by atoms with E-state index < -0.39 is 0 Å². The lowest BCUT2D eigenvalue weighted by atomic mass is 9.91. The summed E-state index contributed by atoms with van der Waals surface area (Å²) in [5, 5.41) is 3.45. The lowest BCUT2D eigenvalue weighted by Gasteiger charge is -2.25. The van der Waals surface area contributed by atoms with E-state index in [1.54, 1.807) is 0 Å². The van der Waals surface area contributed by atoms with Crippen LogP contribution in [0.2, 0.25) is 0 Å². The number of ketones is 1. The number of carbonyl (C=O) groups is 1. The summed E-state index contributed by atoms with van der Waals surface area (Å²) in [6.45, 7) is 15.4. The zero-order valence-electron chi connectivity index (χ0n) is 14.9. The van der Waals surface area contributed by atoms with Gasteiger partial charge in [0, 0.05) is 13.1 Å². The van der Waals surface area contributed by atoms with Gasteiger partial charge in [0.1, 0.15) is 0 Å². The molecule has 0 saturated carbocycles. The minimum atomic E-state index is -0.0773. The third-order valence-corrected chi connectivity index (χ3v) is 4.27. The highest BCUT2D eigenvalue weighted by Gasteiger charge is 2.24. The number of hydrogen-bond donors (Lipinski definition) is 1. The molecule has 0 unspecified atom stereocenters. The van der Waals surface area contributed by atoms with Gasteiger partial charge in [-0.3, -0.25) is 4.79 Å². The predicted molar refractivity (Wildman–Crippen MR) is 92.7 cm³/mol. The second-order valence-corrected chi connectivity index (χ2v) is 6.15. The highest BCUT2D eigenvalue weighted by Crippen LogP contribution is 2.13. The molecule has 0 aromatic rings. The molecule has 0 aliphatic rings. The van der Waals surface area contributed by atoms with Gasteiger partial charge < -0.3 is 10.2 Å². The molecule has 1 N–H and O–H groups in total. The van der Waals surface area contributed by atoms with Gasteiger partial charge in [0.25, 0.3) is 0 Å². The number of carbonyl (C=O) groups excluding carboxylic acids is 1. The van der Waals surface area contributed by atoms with E-state index in [1.165, 1.54) is 19.3 Å². The maximum absolute atomic E-state index is 12.4. The fraction of sp³-hybridized carbons (Fsp3) is 0.833. The maximum Gasteiger partial charge on any atom is 0.175 e. The van der Waals surface area contributed by atoms with Crippen LogP contribution in [0.4, 0.5) is 0 Å². The second kappa shape index (κ2) is 11.9. The Kier molecular flexibility index (Phi) is 11.6. The molecular weight excluding hydrogens is 260 g/mol. The average Bonchev–Trinajstić information content (AvgIpc) is 2.49. The first-order valence-electron chi connectivity index (χ1n) is 8.61. The van der Waals surface area contributed by atoms with Crippen LogP contribution < -0.4 is 5.32 Å². The van der Waals surface area contributed by atoms with E-state index >= 15 is 0 Å². The number of nitrogens with zero attached hydrogens (tertiary/aromatic N) is 1. The molecule has 0 heterocycles. The van der Waals surface area contributed by atoms with Crippen LogP contribution in [0.3, 0.4) is 0 Å². The van der Waals surface area contributed by atoms with Crippen molar-refractivity contribution in [1.82, 2.24) is 10.2 Å². The molecule has 0 radical (unpaired) electrons. The van der Waals surface area contributed by atoms with Gasteiger partial charge in [-0.1, -0.05) is 53.5 Å². The van der Waals surface area contributed by atoms with E-state index in [0.717, 1.165) is 38.0 Å². The van der Waals surface area contributed by atoms with Crippen LogP contribution >= 0.6 is 0 Å². The number of likely N-dealkylation sites (N-methyl/N-ethyl adjacent to an activating group) is 1. The van der Waals surface area contributed by atoms with E-state index in [9.17, 15) is 4.79 Å². The third-order valence-electron chi connectivity index (χ3n) is 4.27. The number of unbranched alkanes of at least 4 members (excludes halogenated alkanes) is 2. The summed E-state index contributed by atoms with van der Waals surface area (Å²) in [6, 6.07) is -0.0773. The fourth-order valence-corrected chi connectivity index (χ4v) is 2.34. The lowest BCUT2D eigenvalue weighted by molar-refractivity contribution is -0.118. The Morgan fingerprint density at radius 1 is 1.19 bits per heavy atom. The van der Waals surface area contributed by atoms with Crippen molar-refractivity contribution in [1.29, 1.82) is 0 Å². The molecule has 124 valence electrons. The molecule has 2 atom stereocenters. The molecule has 0 saturated heterocycles. The van der Waals surface area contributed by atoms with Crippen molar-refractivity contribution in [3.05, 3.63) is 12.2 Å². The molecule has 0 bridgehead atoms. The van der Waals surface area contributed by atoms with E-state index in [-0.39, 0.29) is 11.8 Å². The minimum Gasteiger partial charge on any atom is -0.306 e. The van der Waals surface area contributed by atoms with Gasteiger partial charge in [0.15, 0.2) is 5.78 Å². The predicted octanol–water partition coefficient (Wildman–Crippen LogP) is 3.65. The number of hydrogen-bond acceptors (Lipinski definition) is 3. The van der Waals surface area contributed by atoms with Crippen LogP contribution in [0.5, 0.6) is 0 Å². The number of nitrogens with one attached hydrogen (secondary N) is 1. The monoisotopic (exact) mass is 296 g/mol. The Hall–Kier alpha value is -0.670. The van der Waals surface area contributed by atoms with Gasteiger partial charge in [0.05, 0.1) is 6.04 Å². The van der Waals surface area contributed by atoms with Crippen LogP contribution in [0.25, 0.3) is 0 Å². The molecule has 3 nitrogen and oxygen atoms in total. The molecule has 0 aromatic carbocycles. The van der Waals surface area contributed by atoms with Crippen molar-refractivity contribution < 1.29 is 4.79 Å². The van der Waals surface area contributed by atoms with Crippen molar-refractivity contribution in [3.63, 3.8) is 0 Å². The molecule has 0 spiro atoms. The lowest BCUT2D eigenvalue weighted by Crippen LogP contribution is -2.45. The first kappa shape index (κ1) is 20.3. The summed E-state index contributed by atoms with van der Waals surface area (Å²) in [5.41, 5.74) is 0.740. The van der Waals surface area contributed by atoms with Gasteiger partial charge >= 0.3 is 0 Å². The molecule has 21 heavy (non-hydrogen) atoms. The van der Waals surface area contributed by atoms with Crippen molar-refractivity contribution in [2.24, 2.45) is 5.92 Å². The quantitative estimate of drug-likeness (QED) is 0.416. The molecule has 3 heteroatoms. The highest BCUT2D eigenvalue weighted by molar-refractivity contribution is 5.99. The molecule has 0 fully saturated rings. The first-order chi connectivity index (χ1) is 9.97. The normalized spacial score (nSPS) is 14.2. The smallest absolute Gasteiger partial charge is 0.175 e. The van der Waals surface area contributed by atoms with Gasteiger partial charge in [0.2, 0.25) is 0 Å². The average molecular weight is 296 g/mol. The molecule has 0 rings (SSSR count). The van der Waals surface area contributed by atoms with E-state index in [2.05, 4.69) is 44.6 Å². The summed E-state index contributed by atoms with van der Waals surface area (Å²) < 4.78 is 0. The van der Waals surface area contributed by atoms with Crippen LogP contribution in [0.1, 0.15) is 59.8 Å². The second-order valence-electron chi connectivity index (χ2n) is 6.15. The van der Waals surface area contributed by atoms with Gasteiger partial charge in [-0.05, 0) is 37.9 Å². The van der Waals surface area contributed by atoms with Crippen molar-refractivity contribution in [2.75, 3.05) is 26.7 Å². The zero-order valence-corrected chi connectivity index (χ0v) is 14.9. The van der Waals surface area contributed by atoms with Crippen molar-refractivity contribution in [3.8, 4) is 0 Å². The highest BCUT2D eigenvalue weighted by atomic mass is 16.1. The molecule has 0 aliphatic carbocycles. The van der Waals surface area contributed by atoms with Crippen LogP contribution in [-0.4, -0.2) is 43.4 Å². The SMILES string of the molecule is C=C(CC)C(=O)[C@@H](NCCN(C)CCCCC)[C@@H](C)CC. The summed E-state index contributed by atoms with van der Waals surface area (Å²) in [4.78, 5) is 14.7. The summed E-state index contributed by atoms with van der Waals surface area (Å²) in [6.07, 6.45) is 5.56. The largest absolute Gasteiger partial charge is 0.306 e. The number of rotatable bonds is 13. The van der Waals surface area contributed by atoms with Crippen molar-refractivity contribution >= 4 is 5.78 Å². The van der Waals surface area contributed by atoms with E-state index in [4.69, 9.17) is 0 Å². The molecule has 0 aromatic heterocycles. The van der Waals surface area contributed by atoms with Gasteiger partial charge in [-0.25, -0.2) is 0 Å². The third kappa shape index (κ3) is 8.37. The molecule has 0 aliphatic heterocycles. The van der Waals surface area contributed by atoms with Crippen LogP contribution in [-0.2, 0) is 4.79 Å². The fourth-order valence-electron chi connectivity index (χ4n) is 2.34. The Labute approximate surface area is 132 Å². The van der Waals surface area contributed by atoms with Gasteiger partial charge in [-0.2, -0.15) is 0 Å². The van der Waals surface area contributed by atoms with E-state index in [1.807, 2.05) is 6.92 Å². The van der Waals surface area contributed by atoms with E-state index in [0.29, 0.717) is 5.92 Å². The summed E-state index contributed by atoms with van der Waals surface area (Å²) in [5.74, 6) is 0.548. The Morgan fingerprint density at radius 2 is 1.86 bits per heavy atom. The number of Topliss-reactive ketones (excluding diaryl/α,β-unsaturated/α-hetero) is 1. The van der Waals surface area contributed by atoms with Gasteiger partial charge in [-0.15, -0.1) is 0 Å². The first-order valence-corrected chi connectivity index (χ1v) is 8.61. The molecule has 0 amide bonds. The Bertz CT molecular complexity index is 302. The summed E-state index contributed by atoms with van der Waals surface area (Å²) >= 11 is 0. The Morgan fingerprint density at radius 3 is 2.38 bits per heavy atom. The van der Waals surface area contributed by atoms with Crippen molar-refractivity contribution in [2.45, 2.75) is 65.8 Å². The topological polar surface area (TPSA) is 32.3 Å². The molecular formula is C18H36N2O. The van der Waals surface area contributed by atoms with Crippen LogP contribution in [0, 0.1) is 5.92 Å². The maximum atomic E-state index is 12.4. The Balaban J connectivity index is 4.25. The zero-order chi connectivity index (χ0) is 16.3. The standard InChI is InChI=1S/C18H36N2O/c1-7-10-11-13-20(6)14-12-19-17(15(4)8-2)18(21)16(5)9-3/h15,17,19H,5,7-14H2,1-4,6H3/t15-,17-/m0/s1.